The quantitative estimate of drug-likeness (QED) is 0.668. The summed E-state index contributed by atoms with van der Waals surface area (Å²) < 4.78 is 30.7. The van der Waals surface area contributed by atoms with E-state index in [-0.39, 0.29) is 4.90 Å². The number of hydrogen-bond acceptors (Lipinski definition) is 7. The number of benzene rings is 1. The average Bonchev–Trinajstić information content (AvgIpc) is 2.92. The molecule has 0 atom stereocenters. The van der Waals surface area contributed by atoms with Crippen LogP contribution in [0.15, 0.2) is 23.2 Å². The number of fused-ring (bicyclic) bond motifs is 1. The summed E-state index contributed by atoms with van der Waals surface area (Å²) in [6, 6.07) is 3.22. The summed E-state index contributed by atoms with van der Waals surface area (Å²) in [4.78, 5) is 8.95. The fraction of sp³-hybridized carbons (Fsp3) is 0.421. The van der Waals surface area contributed by atoms with Gasteiger partial charge < -0.3 is 10.1 Å². The van der Waals surface area contributed by atoms with Gasteiger partial charge in [-0.2, -0.15) is 5.10 Å². The number of rotatable bonds is 5. The highest BCUT2D eigenvalue weighted by atomic mass is 32.2. The van der Waals surface area contributed by atoms with Gasteiger partial charge in [0.2, 0.25) is 5.95 Å². The summed E-state index contributed by atoms with van der Waals surface area (Å²) in [6.45, 7) is 11.0. The van der Waals surface area contributed by atoms with Crippen molar-refractivity contribution in [3.05, 3.63) is 29.6 Å². The van der Waals surface area contributed by atoms with Crippen LogP contribution in [0.2, 0.25) is 0 Å². The predicted molar refractivity (Wildman–Crippen MR) is 109 cm³/mol. The third kappa shape index (κ3) is 3.54. The van der Waals surface area contributed by atoms with E-state index < -0.39 is 14.6 Å². The number of ether oxygens (including phenoxy) is 1. The van der Waals surface area contributed by atoms with E-state index in [4.69, 9.17) is 4.74 Å². The topological polar surface area (TPSA) is 110 Å². The Morgan fingerprint density at radius 1 is 1.21 bits per heavy atom. The molecule has 2 aromatic heterocycles. The van der Waals surface area contributed by atoms with Gasteiger partial charge in [0.25, 0.3) is 0 Å². The normalized spacial score (nSPS) is 12.4. The molecule has 2 heterocycles. The highest BCUT2D eigenvalue weighted by Gasteiger charge is 2.34. The monoisotopic (exact) mass is 403 g/mol. The Labute approximate surface area is 164 Å². The average molecular weight is 404 g/mol. The number of anilines is 2. The minimum atomic E-state index is -3.59. The minimum absolute atomic E-state index is 0.150. The van der Waals surface area contributed by atoms with Crippen LogP contribution in [0.3, 0.4) is 0 Å². The Bertz CT molecular complexity index is 1130. The summed E-state index contributed by atoms with van der Waals surface area (Å²) >= 11 is 0. The molecule has 0 fully saturated rings. The molecular formula is C19H25N5O3S. The van der Waals surface area contributed by atoms with E-state index in [1.165, 1.54) is 0 Å². The summed E-state index contributed by atoms with van der Waals surface area (Å²) in [7, 11) is -3.59. The van der Waals surface area contributed by atoms with Crippen LogP contribution in [0.4, 0.5) is 11.8 Å². The van der Waals surface area contributed by atoms with Crippen LogP contribution in [0.1, 0.15) is 39.0 Å². The number of H-pyrrole nitrogens is 1. The van der Waals surface area contributed by atoms with E-state index in [9.17, 15) is 8.42 Å². The molecule has 3 aromatic rings. The van der Waals surface area contributed by atoms with E-state index in [2.05, 4.69) is 25.5 Å². The van der Waals surface area contributed by atoms with Gasteiger partial charge in [-0.3, -0.25) is 5.10 Å². The van der Waals surface area contributed by atoms with E-state index in [1.807, 2.05) is 20.8 Å². The van der Waals surface area contributed by atoms with Gasteiger partial charge in [0.15, 0.2) is 15.7 Å². The van der Waals surface area contributed by atoms with Crippen molar-refractivity contribution in [3.8, 4) is 5.75 Å². The molecule has 0 saturated carbocycles. The van der Waals surface area contributed by atoms with Gasteiger partial charge in [-0.1, -0.05) is 0 Å². The second kappa shape index (κ2) is 7.05. The van der Waals surface area contributed by atoms with Crippen molar-refractivity contribution in [2.24, 2.45) is 0 Å². The van der Waals surface area contributed by atoms with Gasteiger partial charge in [0.05, 0.1) is 16.9 Å². The lowest BCUT2D eigenvalue weighted by Crippen LogP contribution is -2.28. The molecule has 1 aromatic carbocycles. The zero-order chi connectivity index (χ0) is 20.7. The zero-order valence-corrected chi connectivity index (χ0v) is 17.7. The molecule has 0 bridgehead atoms. The van der Waals surface area contributed by atoms with Gasteiger partial charge in [-0.05, 0) is 47.6 Å². The third-order valence-corrected chi connectivity index (χ3v) is 7.03. The van der Waals surface area contributed by atoms with Crippen LogP contribution < -0.4 is 10.1 Å². The van der Waals surface area contributed by atoms with Crippen molar-refractivity contribution in [1.82, 2.24) is 20.2 Å². The molecule has 0 radical (unpaired) electrons. The Morgan fingerprint density at radius 2 is 1.93 bits per heavy atom. The minimum Gasteiger partial charge on any atom is -0.492 e. The number of aryl methyl sites for hydroxylation is 1. The molecule has 0 spiro atoms. The maximum absolute atomic E-state index is 13.0. The Kier molecular flexibility index (Phi) is 5.05. The fourth-order valence-corrected chi connectivity index (χ4v) is 3.94. The molecule has 0 amide bonds. The number of nitrogens with zero attached hydrogens (tertiary/aromatic N) is 3. The SMILES string of the molecule is CCOc1cc2nc(Nc3n[nH]c(C)c3C)ncc2cc1S(=O)(=O)C(C)(C)C. The lowest BCUT2D eigenvalue weighted by atomic mass is 10.2. The number of aromatic nitrogens is 4. The first-order chi connectivity index (χ1) is 13.0. The predicted octanol–water partition coefficient (Wildman–Crippen LogP) is 3.68. The van der Waals surface area contributed by atoms with Crippen molar-refractivity contribution < 1.29 is 13.2 Å². The van der Waals surface area contributed by atoms with Gasteiger partial charge >= 0.3 is 0 Å². The van der Waals surface area contributed by atoms with Gasteiger partial charge in [0, 0.05) is 28.9 Å². The Morgan fingerprint density at radius 3 is 2.50 bits per heavy atom. The zero-order valence-electron chi connectivity index (χ0n) is 16.9. The maximum Gasteiger partial charge on any atom is 0.228 e. The standard InChI is InChI=1S/C19H25N5O3S/c1-7-27-15-9-14-13(8-16(15)28(25,26)19(4,5)6)10-20-18(21-14)22-17-11(2)12(3)23-24-17/h8-10H,7H2,1-6H3,(H2,20,21,22,23,24). The molecule has 9 heteroatoms. The summed E-state index contributed by atoms with van der Waals surface area (Å²) in [5, 5.41) is 10.8. The van der Waals surface area contributed by atoms with Gasteiger partial charge in [0.1, 0.15) is 10.6 Å². The Balaban J connectivity index is 2.10. The lowest BCUT2D eigenvalue weighted by molar-refractivity contribution is 0.331. The molecule has 8 nitrogen and oxygen atoms in total. The largest absolute Gasteiger partial charge is 0.492 e. The van der Waals surface area contributed by atoms with Crippen LogP contribution in [0.5, 0.6) is 5.75 Å². The molecule has 150 valence electrons. The molecule has 28 heavy (non-hydrogen) atoms. The first kappa shape index (κ1) is 20.1. The number of nitrogens with one attached hydrogen (secondary N) is 2. The lowest BCUT2D eigenvalue weighted by Gasteiger charge is -2.21. The van der Waals surface area contributed by atoms with Crippen LogP contribution in [0, 0.1) is 13.8 Å². The smallest absolute Gasteiger partial charge is 0.228 e. The summed E-state index contributed by atoms with van der Waals surface area (Å²) in [6.07, 6.45) is 1.59. The second-order valence-electron chi connectivity index (χ2n) is 7.55. The molecule has 0 aliphatic heterocycles. The highest BCUT2D eigenvalue weighted by Crippen LogP contribution is 2.35. The highest BCUT2D eigenvalue weighted by molar-refractivity contribution is 7.92. The first-order valence-corrected chi connectivity index (χ1v) is 10.5. The van der Waals surface area contributed by atoms with Crippen LogP contribution in [-0.4, -0.2) is 39.9 Å². The summed E-state index contributed by atoms with van der Waals surface area (Å²) in [5.74, 6) is 1.31. The number of sulfone groups is 1. The molecule has 0 saturated heterocycles. The van der Waals surface area contributed by atoms with E-state index in [0.29, 0.717) is 35.0 Å². The Hall–Kier alpha value is -2.68. The fourth-order valence-electron chi connectivity index (χ4n) is 2.62. The first-order valence-electron chi connectivity index (χ1n) is 9.01. The van der Waals surface area contributed by atoms with E-state index >= 15 is 0 Å². The maximum atomic E-state index is 13.0. The molecule has 0 unspecified atom stereocenters. The van der Waals surface area contributed by atoms with Crippen molar-refractivity contribution in [1.29, 1.82) is 0 Å². The van der Waals surface area contributed by atoms with Crippen LogP contribution in [0.25, 0.3) is 10.9 Å². The molecule has 2 N–H and O–H groups in total. The van der Waals surface area contributed by atoms with Crippen LogP contribution >= 0.6 is 0 Å². The van der Waals surface area contributed by atoms with Crippen molar-refractivity contribution >= 4 is 32.5 Å². The van der Waals surface area contributed by atoms with Gasteiger partial charge in [-0.25, -0.2) is 18.4 Å². The number of aromatic amines is 1. The number of hydrogen-bond donors (Lipinski definition) is 2. The summed E-state index contributed by atoms with van der Waals surface area (Å²) in [5.41, 5.74) is 2.52. The molecule has 0 aliphatic carbocycles. The molecule has 3 rings (SSSR count). The molecule has 0 aliphatic rings. The second-order valence-corrected chi connectivity index (χ2v) is 10.2. The van der Waals surface area contributed by atoms with Crippen molar-refractivity contribution in [3.63, 3.8) is 0 Å². The van der Waals surface area contributed by atoms with E-state index in [1.54, 1.807) is 39.1 Å². The van der Waals surface area contributed by atoms with Gasteiger partial charge in [-0.15, -0.1) is 0 Å². The molecular weight excluding hydrogens is 378 g/mol. The third-order valence-electron chi connectivity index (χ3n) is 4.52. The van der Waals surface area contributed by atoms with Crippen molar-refractivity contribution in [2.45, 2.75) is 51.2 Å². The van der Waals surface area contributed by atoms with Crippen LogP contribution in [-0.2, 0) is 9.84 Å². The van der Waals surface area contributed by atoms with E-state index in [0.717, 1.165) is 11.3 Å². The van der Waals surface area contributed by atoms with Crippen molar-refractivity contribution in [2.75, 3.05) is 11.9 Å².